The predicted molar refractivity (Wildman–Crippen MR) is 95.7 cm³/mol. The molecule has 6 N–H and O–H groups in total. The van der Waals surface area contributed by atoms with Crippen LogP contribution in [0.5, 0.6) is 0 Å². The highest BCUT2D eigenvalue weighted by Crippen LogP contribution is 2.33. The van der Waals surface area contributed by atoms with Gasteiger partial charge in [0, 0.05) is 35.5 Å². The van der Waals surface area contributed by atoms with Crippen molar-refractivity contribution in [2.75, 3.05) is 16.8 Å². The zero-order chi connectivity index (χ0) is 16.5. The molecule has 3 heterocycles. The summed E-state index contributed by atoms with van der Waals surface area (Å²) >= 11 is 0. The van der Waals surface area contributed by atoms with Crippen molar-refractivity contribution in [3.05, 3.63) is 55.0 Å². The lowest BCUT2D eigenvalue weighted by atomic mass is 10.1. The van der Waals surface area contributed by atoms with Gasteiger partial charge < -0.3 is 21.8 Å². The maximum atomic E-state index is 5.74. The molecule has 24 heavy (non-hydrogen) atoms. The van der Waals surface area contributed by atoms with E-state index in [1.54, 1.807) is 12.4 Å². The number of fused-ring (bicyclic) bond motifs is 1. The highest BCUT2D eigenvalue weighted by atomic mass is 15.0. The number of aromatic nitrogens is 4. The van der Waals surface area contributed by atoms with Crippen molar-refractivity contribution in [2.24, 2.45) is 0 Å². The van der Waals surface area contributed by atoms with E-state index in [0.717, 1.165) is 39.4 Å². The first-order valence-electron chi connectivity index (χ1n) is 7.38. The van der Waals surface area contributed by atoms with Gasteiger partial charge in [0.15, 0.2) is 0 Å². The molecule has 0 bridgehead atoms. The summed E-state index contributed by atoms with van der Waals surface area (Å²) in [5.41, 5.74) is 16.4. The molecular formula is C17H15N7. The fourth-order valence-electron chi connectivity index (χ4n) is 2.61. The zero-order valence-corrected chi connectivity index (χ0v) is 12.7. The van der Waals surface area contributed by atoms with Gasteiger partial charge in [-0.3, -0.25) is 0 Å². The molecule has 0 aliphatic heterocycles. The monoisotopic (exact) mass is 317 g/mol. The Morgan fingerprint density at radius 3 is 2.50 bits per heavy atom. The van der Waals surface area contributed by atoms with E-state index in [1.165, 1.54) is 0 Å². The van der Waals surface area contributed by atoms with Gasteiger partial charge >= 0.3 is 0 Å². The van der Waals surface area contributed by atoms with Crippen molar-refractivity contribution in [3.8, 4) is 11.3 Å². The van der Waals surface area contributed by atoms with Crippen LogP contribution in [0.25, 0.3) is 22.3 Å². The van der Waals surface area contributed by atoms with Crippen molar-refractivity contribution in [3.63, 3.8) is 0 Å². The molecule has 4 rings (SSSR count). The van der Waals surface area contributed by atoms with Crippen LogP contribution in [0.3, 0.4) is 0 Å². The lowest BCUT2D eigenvalue weighted by Crippen LogP contribution is -1.96. The highest BCUT2D eigenvalue weighted by molar-refractivity contribution is 6.02. The van der Waals surface area contributed by atoms with Crippen LogP contribution in [0, 0.1) is 0 Å². The largest absolute Gasteiger partial charge is 0.399 e. The lowest BCUT2D eigenvalue weighted by Gasteiger charge is -2.09. The summed E-state index contributed by atoms with van der Waals surface area (Å²) in [6, 6.07) is 11.3. The first-order chi connectivity index (χ1) is 11.7. The Hall–Kier alpha value is -3.61. The Morgan fingerprint density at radius 2 is 1.71 bits per heavy atom. The summed E-state index contributed by atoms with van der Waals surface area (Å²) in [5.74, 6) is 0.235. The standard InChI is InChI=1S/C17H15N7/c18-10-1-3-11(4-2-10)23-14-6-7-20-16-15(14)12(9-22-16)13-5-8-21-17(19)24-13/h1-9H,18H2,(H2,19,21,24)(H2,20,22,23). The smallest absolute Gasteiger partial charge is 0.220 e. The summed E-state index contributed by atoms with van der Waals surface area (Å²) in [7, 11) is 0. The number of benzene rings is 1. The molecule has 7 heteroatoms. The second-order valence-corrected chi connectivity index (χ2v) is 5.33. The Labute approximate surface area is 137 Å². The van der Waals surface area contributed by atoms with Gasteiger partial charge in [0.05, 0.1) is 16.8 Å². The van der Waals surface area contributed by atoms with Gasteiger partial charge in [-0.1, -0.05) is 0 Å². The van der Waals surface area contributed by atoms with Crippen LogP contribution in [-0.4, -0.2) is 19.9 Å². The molecular weight excluding hydrogens is 302 g/mol. The van der Waals surface area contributed by atoms with Crippen molar-refractivity contribution >= 4 is 34.0 Å². The minimum absolute atomic E-state index is 0.235. The van der Waals surface area contributed by atoms with Gasteiger partial charge in [0.25, 0.3) is 0 Å². The molecule has 0 saturated carbocycles. The number of rotatable bonds is 3. The van der Waals surface area contributed by atoms with E-state index >= 15 is 0 Å². The van der Waals surface area contributed by atoms with Gasteiger partial charge in [-0.2, -0.15) is 0 Å². The molecule has 0 saturated heterocycles. The quantitative estimate of drug-likeness (QED) is 0.431. The van der Waals surface area contributed by atoms with Crippen LogP contribution in [0.1, 0.15) is 0 Å². The van der Waals surface area contributed by atoms with E-state index in [-0.39, 0.29) is 5.95 Å². The van der Waals surface area contributed by atoms with Crippen molar-refractivity contribution in [1.82, 2.24) is 19.9 Å². The molecule has 0 atom stereocenters. The number of H-pyrrole nitrogens is 1. The first-order valence-corrected chi connectivity index (χ1v) is 7.38. The number of hydrogen-bond donors (Lipinski definition) is 4. The Kier molecular flexibility index (Phi) is 3.24. The van der Waals surface area contributed by atoms with Crippen LogP contribution in [0.4, 0.5) is 23.0 Å². The van der Waals surface area contributed by atoms with Gasteiger partial charge in [-0.05, 0) is 36.4 Å². The Morgan fingerprint density at radius 1 is 0.917 bits per heavy atom. The zero-order valence-electron chi connectivity index (χ0n) is 12.7. The number of nitrogens with zero attached hydrogens (tertiary/aromatic N) is 3. The fourth-order valence-corrected chi connectivity index (χ4v) is 2.61. The van der Waals surface area contributed by atoms with E-state index in [9.17, 15) is 0 Å². The Balaban J connectivity index is 1.84. The number of nitrogen functional groups attached to an aromatic ring is 2. The number of nitrogens with one attached hydrogen (secondary N) is 2. The maximum Gasteiger partial charge on any atom is 0.220 e. The minimum Gasteiger partial charge on any atom is -0.399 e. The van der Waals surface area contributed by atoms with E-state index in [1.807, 2.05) is 42.6 Å². The number of aromatic amines is 1. The molecule has 0 amide bonds. The van der Waals surface area contributed by atoms with Gasteiger partial charge in [-0.25, -0.2) is 15.0 Å². The molecule has 1 aromatic carbocycles. The molecule has 7 nitrogen and oxygen atoms in total. The predicted octanol–water partition coefficient (Wildman–Crippen LogP) is 2.93. The highest BCUT2D eigenvalue weighted by Gasteiger charge is 2.13. The van der Waals surface area contributed by atoms with E-state index in [0.29, 0.717) is 0 Å². The molecule has 0 fully saturated rings. The number of nitrogens with two attached hydrogens (primary N) is 2. The summed E-state index contributed by atoms with van der Waals surface area (Å²) in [6.07, 6.45) is 5.25. The van der Waals surface area contributed by atoms with Crippen LogP contribution >= 0.6 is 0 Å². The lowest BCUT2D eigenvalue weighted by molar-refractivity contribution is 1.19. The number of pyridine rings is 1. The van der Waals surface area contributed by atoms with Crippen LogP contribution < -0.4 is 16.8 Å². The summed E-state index contributed by atoms with van der Waals surface area (Å²) in [6.45, 7) is 0. The van der Waals surface area contributed by atoms with Crippen LogP contribution in [0.2, 0.25) is 0 Å². The number of hydrogen-bond acceptors (Lipinski definition) is 6. The molecule has 0 unspecified atom stereocenters. The maximum absolute atomic E-state index is 5.74. The van der Waals surface area contributed by atoms with Crippen molar-refractivity contribution in [2.45, 2.75) is 0 Å². The molecule has 0 aliphatic carbocycles. The van der Waals surface area contributed by atoms with Gasteiger partial charge in [0.2, 0.25) is 5.95 Å². The third-order valence-electron chi connectivity index (χ3n) is 3.71. The average molecular weight is 317 g/mol. The van der Waals surface area contributed by atoms with Crippen molar-refractivity contribution in [1.29, 1.82) is 0 Å². The third kappa shape index (κ3) is 2.48. The molecule has 0 aliphatic rings. The van der Waals surface area contributed by atoms with Gasteiger partial charge in [0.1, 0.15) is 5.65 Å². The summed E-state index contributed by atoms with van der Waals surface area (Å²) < 4.78 is 0. The molecule has 0 radical (unpaired) electrons. The molecule has 0 spiro atoms. The van der Waals surface area contributed by atoms with E-state index < -0.39 is 0 Å². The van der Waals surface area contributed by atoms with E-state index in [4.69, 9.17) is 11.5 Å². The SMILES string of the molecule is Nc1ccc(Nc2ccnc3[nH]cc(-c4ccnc(N)n4)c23)cc1. The van der Waals surface area contributed by atoms with Crippen LogP contribution in [0.15, 0.2) is 55.0 Å². The normalized spacial score (nSPS) is 10.8. The second-order valence-electron chi connectivity index (χ2n) is 5.33. The topological polar surface area (TPSA) is 119 Å². The molecule has 3 aromatic heterocycles. The fraction of sp³-hybridized carbons (Fsp3) is 0. The van der Waals surface area contributed by atoms with Gasteiger partial charge in [-0.15, -0.1) is 0 Å². The summed E-state index contributed by atoms with van der Waals surface area (Å²) in [4.78, 5) is 15.8. The second kappa shape index (κ2) is 5.54. The number of anilines is 4. The average Bonchev–Trinajstić information content (AvgIpc) is 3.02. The molecule has 118 valence electrons. The third-order valence-corrected chi connectivity index (χ3v) is 3.71. The van der Waals surface area contributed by atoms with Crippen molar-refractivity contribution < 1.29 is 0 Å². The van der Waals surface area contributed by atoms with Crippen LogP contribution in [-0.2, 0) is 0 Å². The first kappa shape index (κ1) is 14.0. The van der Waals surface area contributed by atoms with E-state index in [2.05, 4.69) is 25.3 Å². The molecule has 4 aromatic rings. The minimum atomic E-state index is 0.235. The Bertz CT molecular complexity index is 1010. The summed E-state index contributed by atoms with van der Waals surface area (Å²) in [5, 5.41) is 4.33.